The highest BCUT2D eigenvalue weighted by Crippen LogP contribution is 2.15. The van der Waals surface area contributed by atoms with E-state index in [1.165, 1.54) is 5.56 Å². The summed E-state index contributed by atoms with van der Waals surface area (Å²) in [5.74, 6) is -0.109. The number of hydrogen-bond donors (Lipinski definition) is 1. The Morgan fingerprint density at radius 3 is 2.33 bits per heavy atom. The molecule has 0 bridgehead atoms. The largest absolute Gasteiger partial charge is 0.484 e. The van der Waals surface area contributed by atoms with Gasteiger partial charge in [-0.25, -0.2) is 4.79 Å². The molecule has 0 unspecified atom stereocenters. The van der Waals surface area contributed by atoms with E-state index in [0.717, 1.165) is 11.3 Å². The lowest BCUT2D eigenvalue weighted by Gasteiger charge is -2.09. The van der Waals surface area contributed by atoms with Crippen LogP contribution in [0.3, 0.4) is 0 Å². The lowest BCUT2D eigenvalue weighted by molar-refractivity contribution is -0.118. The molecular weight excluding hydrogens is 306 g/mol. The second-order valence-electron chi connectivity index (χ2n) is 5.38. The Balaban J connectivity index is 1.87. The molecule has 126 valence electrons. The molecule has 0 radical (unpaired) electrons. The first-order valence-electron chi connectivity index (χ1n) is 7.76. The topological polar surface area (TPSA) is 64.6 Å². The van der Waals surface area contributed by atoms with Crippen LogP contribution in [0.25, 0.3) is 0 Å². The molecule has 5 nitrogen and oxygen atoms in total. The van der Waals surface area contributed by atoms with Gasteiger partial charge >= 0.3 is 5.97 Å². The van der Waals surface area contributed by atoms with E-state index in [0.29, 0.717) is 17.9 Å². The molecule has 0 saturated heterocycles. The molecule has 0 aliphatic heterocycles. The third-order valence-corrected chi connectivity index (χ3v) is 3.53. The number of carbonyl (C=O) groups is 2. The molecule has 24 heavy (non-hydrogen) atoms. The van der Waals surface area contributed by atoms with Gasteiger partial charge < -0.3 is 14.8 Å². The van der Waals surface area contributed by atoms with E-state index in [-0.39, 0.29) is 18.5 Å². The second kappa shape index (κ2) is 8.15. The number of aryl methyl sites for hydroxylation is 2. The smallest absolute Gasteiger partial charge is 0.338 e. The minimum atomic E-state index is -0.378. The van der Waals surface area contributed by atoms with Crippen molar-refractivity contribution in [2.24, 2.45) is 0 Å². The van der Waals surface area contributed by atoms with Crippen molar-refractivity contribution in [1.82, 2.24) is 0 Å². The van der Waals surface area contributed by atoms with Gasteiger partial charge in [-0.05, 0) is 68.3 Å². The van der Waals surface area contributed by atoms with E-state index in [2.05, 4.69) is 5.32 Å². The number of carbonyl (C=O) groups excluding carboxylic acids is 2. The first kappa shape index (κ1) is 17.5. The van der Waals surface area contributed by atoms with Gasteiger partial charge in [0.05, 0.1) is 12.2 Å². The molecule has 2 rings (SSSR count). The van der Waals surface area contributed by atoms with E-state index in [1.54, 1.807) is 31.2 Å². The number of benzene rings is 2. The summed E-state index contributed by atoms with van der Waals surface area (Å²) >= 11 is 0. The number of ether oxygens (including phenoxy) is 2. The lowest BCUT2D eigenvalue weighted by Crippen LogP contribution is -2.20. The molecule has 0 aliphatic rings. The van der Waals surface area contributed by atoms with Crippen LogP contribution in [0.2, 0.25) is 0 Å². The highest BCUT2D eigenvalue weighted by molar-refractivity contribution is 5.92. The standard InChI is InChI=1S/C19H21NO4/c1-4-23-19(22)15-6-9-17(10-7-15)24-12-18(21)20-16-8-5-13(2)14(3)11-16/h5-11H,4,12H2,1-3H3,(H,20,21). The summed E-state index contributed by atoms with van der Waals surface area (Å²) in [7, 11) is 0. The molecule has 0 aromatic heterocycles. The molecule has 0 saturated carbocycles. The molecule has 0 fully saturated rings. The molecule has 0 aliphatic carbocycles. The Morgan fingerprint density at radius 2 is 1.71 bits per heavy atom. The second-order valence-corrected chi connectivity index (χ2v) is 5.38. The maximum atomic E-state index is 11.9. The van der Waals surface area contributed by atoms with Crippen LogP contribution >= 0.6 is 0 Å². The summed E-state index contributed by atoms with van der Waals surface area (Å²) in [5, 5.41) is 2.79. The Morgan fingerprint density at radius 1 is 1.00 bits per heavy atom. The summed E-state index contributed by atoms with van der Waals surface area (Å²) < 4.78 is 10.3. The maximum absolute atomic E-state index is 11.9. The first-order chi connectivity index (χ1) is 11.5. The molecule has 5 heteroatoms. The zero-order chi connectivity index (χ0) is 17.5. The fourth-order valence-electron chi connectivity index (χ4n) is 2.07. The highest BCUT2D eigenvalue weighted by Gasteiger charge is 2.08. The quantitative estimate of drug-likeness (QED) is 0.825. The number of hydrogen-bond acceptors (Lipinski definition) is 4. The van der Waals surface area contributed by atoms with Crippen LogP contribution in [-0.2, 0) is 9.53 Å². The van der Waals surface area contributed by atoms with Crippen LogP contribution in [0, 0.1) is 13.8 Å². The van der Waals surface area contributed by atoms with Gasteiger partial charge in [-0.2, -0.15) is 0 Å². The van der Waals surface area contributed by atoms with Gasteiger partial charge in [0.1, 0.15) is 5.75 Å². The van der Waals surface area contributed by atoms with Crippen LogP contribution in [0.1, 0.15) is 28.4 Å². The molecule has 0 atom stereocenters. The average Bonchev–Trinajstić information content (AvgIpc) is 2.57. The number of rotatable bonds is 6. The van der Waals surface area contributed by atoms with Crippen molar-refractivity contribution in [2.45, 2.75) is 20.8 Å². The van der Waals surface area contributed by atoms with Crippen molar-refractivity contribution in [2.75, 3.05) is 18.5 Å². The van der Waals surface area contributed by atoms with Gasteiger partial charge in [-0.15, -0.1) is 0 Å². The van der Waals surface area contributed by atoms with Gasteiger partial charge in [0.15, 0.2) is 6.61 Å². The third kappa shape index (κ3) is 4.84. The molecule has 1 N–H and O–H groups in total. The van der Waals surface area contributed by atoms with Crippen LogP contribution in [0.5, 0.6) is 5.75 Å². The molecule has 0 spiro atoms. The summed E-state index contributed by atoms with van der Waals surface area (Å²) in [5.41, 5.74) is 3.47. The summed E-state index contributed by atoms with van der Waals surface area (Å²) in [6.07, 6.45) is 0. The van der Waals surface area contributed by atoms with Gasteiger partial charge in [-0.1, -0.05) is 6.07 Å². The van der Waals surface area contributed by atoms with Gasteiger partial charge in [0.2, 0.25) is 0 Å². The zero-order valence-electron chi connectivity index (χ0n) is 14.1. The van der Waals surface area contributed by atoms with Gasteiger partial charge in [0.25, 0.3) is 5.91 Å². The minimum Gasteiger partial charge on any atom is -0.484 e. The molecule has 2 aromatic carbocycles. The van der Waals surface area contributed by atoms with E-state index in [4.69, 9.17) is 9.47 Å². The van der Waals surface area contributed by atoms with Gasteiger partial charge in [-0.3, -0.25) is 4.79 Å². The fourth-order valence-corrected chi connectivity index (χ4v) is 2.07. The monoisotopic (exact) mass is 327 g/mol. The van der Waals surface area contributed by atoms with Crippen LogP contribution in [-0.4, -0.2) is 25.1 Å². The zero-order valence-corrected chi connectivity index (χ0v) is 14.1. The number of amides is 1. The van der Waals surface area contributed by atoms with E-state index < -0.39 is 0 Å². The molecule has 0 heterocycles. The average molecular weight is 327 g/mol. The van der Waals surface area contributed by atoms with Gasteiger partial charge in [0, 0.05) is 5.69 Å². The Bertz CT molecular complexity index is 723. The fraction of sp³-hybridized carbons (Fsp3) is 0.263. The molecule has 1 amide bonds. The van der Waals surface area contributed by atoms with Crippen molar-refractivity contribution >= 4 is 17.6 Å². The van der Waals surface area contributed by atoms with Crippen molar-refractivity contribution < 1.29 is 19.1 Å². The van der Waals surface area contributed by atoms with E-state index in [9.17, 15) is 9.59 Å². The SMILES string of the molecule is CCOC(=O)c1ccc(OCC(=O)Nc2ccc(C)c(C)c2)cc1. The van der Waals surface area contributed by atoms with E-state index >= 15 is 0 Å². The number of nitrogens with one attached hydrogen (secondary N) is 1. The Labute approximate surface area is 141 Å². The molecular formula is C19H21NO4. The van der Waals surface area contributed by atoms with Crippen LogP contribution in [0.4, 0.5) is 5.69 Å². The maximum Gasteiger partial charge on any atom is 0.338 e. The van der Waals surface area contributed by atoms with Crippen molar-refractivity contribution in [3.63, 3.8) is 0 Å². The Kier molecular flexibility index (Phi) is 5.95. The lowest BCUT2D eigenvalue weighted by atomic mass is 10.1. The van der Waals surface area contributed by atoms with E-state index in [1.807, 2.05) is 32.0 Å². The van der Waals surface area contributed by atoms with Crippen LogP contribution in [0.15, 0.2) is 42.5 Å². The number of anilines is 1. The summed E-state index contributed by atoms with van der Waals surface area (Å²) in [6, 6.07) is 12.2. The van der Waals surface area contributed by atoms with Crippen LogP contribution < -0.4 is 10.1 Å². The highest BCUT2D eigenvalue weighted by atomic mass is 16.5. The van der Waals surface area contributed by atoms with Crippen molar-refractivity contribution in [1.29, 1.82) is 0 Å². The van der Waals surface area contributed by atoms with Crippen molar-refractivity contribution in [3.05, 3.63) is 59.2 Å². The first-order valence-corrected chi connectivity index (χ1v) is 7.76. The van der Waals surface area contributed by atoms with Crippen molar-refractivity contribution in [3.8, 4) is 5.75 Å². The predicted molar refractivity (Wildman–Crippen MR) is 92.4 cm³/mol. The number of esters is 1. The Hall–Kier alpha value is -2.82. The molecule has 2 aromatic rings. The summed E-state index contributed by atoms with van der Waals surface area (Å²) in [4.78, 5) is 23.5. The minimum absolute atomic E-state index is 0.105. The normalized spacial score (nSPS) is 10.1. The third-order valence-electron chi connectivity index (χ3n) is 3.53. The predicted octanol–water partition coefficient (Wildman–Crippen LogP) is 3.50. The summed E-state index contributed by atoms with van der Waals surface area (Å²) in [6.45, 7) is 5.99.